The summed E-state index contributed by atoms with van der Waals surface area (Å²) < 4.78 is 40.5. The molecule has 0 spiro atoms. The van der Waals surface area contributed by atoms with Gasteiger partial charge < -0.3 is 9.84 Å². The van der Waals surface area contributed by atoms with Crippen LogP contribution in [0.15, 0.2) is 4.52 Å². The zero-order valence-corrected chi connectivity index (χ0v) is 9.46. The van der Waals surface area contributed by atoms with Crippen LogP contribution in [0.4, 0.5) is 13.2 Å². The Kier molecular flexibility index (Phi) is 3.53. The van der Waals surface area contributed by atoms with Gasteiger partial charge in [-0.05, 0) is 12.8 Å². The summed E-state index contributed by atoms with van der Waals surface area (Å²) in [7, 11) is 0. The van der Waals surface area contributed by atoms with Crippen molar-refractivity contribution in [2.24, 2.45) is 0 Å². The van der Waals surface area contributed by atoms with E-state index in [-0.39, 0.29) is 13.0 Å². The number of nitrogens with one attached hydrogen (secondary N) is 1. The van der Waals surface area contributed by atoms with Gasteiger partial charge in [-0.1, -0.05) is 5.16 Å². The van der Waals surface area contributed by atoms with Crippen LogP contribution in [0, 0.1) is 0 Å². The monoisotopic (exact) mass is 263 g/mol. The van der Waals surface area contributed by atoms with E-state index in [4.69, 9.17) is 4.52 Å². The van der Waals surface area contributed by atoms with E-state index in [0.29, 0.717) is 17.6 Å². The molecule has 1 heterocycles. The molecule has 18 heavy (non-hydrogen) atoms. The Hall–Kier alpha value is -1.60. The predicted molar refractivity (Wildman–Crippen MR) is 53.7 cm³/mol. The van der Waals surface area contributed by atoms with Crippen molar-refractivity contribution >= 4 is 5.91 Å². The fraction of sp³-hybridized carbons (Fsp3) is 0.700. The van der Waals surface area contributed by atoms with E-state index in [9.17, 15) is 18.0 Å². The normalized spacial score (nSPS) is 15.7. The highest BCUT2D eigenvalue weighted by atomic mass is 19.4. The second kappa shape index (κ2) is 4.95. The average Bonchev–Trinajstić information content (AvgIpc) is 2.97. The van der Waals surface area contributed by atoms with Crippen LogP contribution in [0.2, 0.25) is 0 Å². The van der Waals surface area contributed by atoms with E-state index < -0.39 is 18.5 Å². The molecule has 1 saturated carbocycles. The molecule has 1 N–H and O–H groups in total. The number of hydrogen-bond acceptors (Lipinski definition) is 4. The summed E-state index contributed by atoms with van der Waals surface area (Å²) in [5, 5.41) is 5.85. The Labute approximate surface area is 101 Å². The van der Waals surface area contributed by atoms with Crippen LogP contribution >= 0.6 is 0 Å². The lowest BCUT2D eigenvalue weighted by Crippen LogP contribution is -2.30. The maximum atomic E-state index is 11.9. The Bertz CT molecular complexity index is 426. The number of nitrogens with zero attached hydrogens (tertiary/aromatic N) is 2. The van der Waals surface area contributed by atoms with Gasteiger partial charge in [0.15, 0.2) is 5.82 Å². The standard InChI is InChI=1S/C10H12F3N3O2/c11-10(12,13)5-8(17)14-4-3-7-15-9(18-16-7)6-1-2-6/h6H,1-5H2,(H,14,17). The summed E-state index contributed by atoms with van der Waals surface area (Å²) in [6, 6.07) is 0. The summed E-state index contributed by atoms with van der Waals surface area (Å²) in [6.45, 7) is 0.0680. The van der Waals surface area contributed by atoms with E-state index in [1.54, 1.807) is 0 Å². The van der Waals surface area contributed by atoms with Gasteiger partial charge in [-0.3, -0.25) is 4.79 Å². The first-order valence-corrected chi connectivity index (χ1v) is 5.60. The van der Waals surface area contributed by atoms with Gasteiger partial charge in [0.25, 0.3) is 0 Å². The molecule has 1 aliphatic rings. The van der Waals surface area contributed by atoms with Crippen LogP contribution in [0.5, 0.6) is 0 Å². The number of hydrogen-bond donors (Lipinski definition) is 1. The van der Waals surface area contributed by atoms with Crippen LogP contribution in [-0.4, -0.2) is 28.8 Å². The Morgan fingerprint density at radius 1 is 1.44 bits per heavy atom. The molecular weight excluding hydrogens is 251 g/mol. The van der Waals surface area contributed by atoms with Crippen LogP contribution in [0.1, 0.15) is 36.9 Å². The second-order valence-electron chi connectivity index (χ2n) is 4.22. The van der Waals surface area contributed by atoms with Gasteiger partial charge in [-0.2, -0.15) is 18.2 Å². The van der Waals surface area contributed by atoms with Crippen molar-refractivity contribution in [3.8, 4) is 0 Å². The maximum Gasteiger partial charge on any atom is 0.397 e. The lowest BCUT2D eigenvalue weighted by Gasteiger charge is -2.06. The van der Waals surface area contributed by atoms with Gasteiger partial charge in [-0.25, -0.2) is 0 Å². The molecule has 1 amide bonds. The smallest absolute Gasteiger partial charge is 0.355 e. The zero-order chi connectivity index (χ0) is 13.2. The van der Waals surface area contributed by atoms with Gasteiger partial charge in [0.1, 0.15) is 6.42 Å². The topological polar surface area (TPSA) is 68.0 Å². The highest BCUT2D eigenvalue weighted by Crippen LogP contribution is 2.38. The quantitative estimate of drug-likeness (QED) is 0.875. The molecule has 0 aliphatic heterocycles. The average molecular weight is 263 g/mol. The van der Waals surface area contributed by atoms with Gasteiger partial charge in [0, 0.05) is 18.9 Å². The Morgan fingerprint density at radius 2 is 2.17 bits per heavy atom. The van der Waals surface area contributed by atoms with Crippen molar-refractivity contribution in [1.82, 2.24) is 15.5 Å². The molecule has 1 fully saturated rings. The maximum absolute atomic E-state index is 11.9. The molecule has 8 heteroatoms. The third-order valence-corrected chi connectivity index (χ3v) is 2.44. The molecule has 0 radical (unpaired) electrons. The summed E-state index contributed by atoms with van der Waals surface area (Å²) in [5.41, 5.74) is 0. The van der Waals surface area contributed by atoms with Gasteiger partial charge in [0.2, 0.25) is 11.8 Å². The third kappa shape index (κ3) is 4.01. The van der Waals surface area contributed by atoms with E-state index in [2.05, 4.69) is 15.5 Å². The zero-order valence-electron chi connectivity index (χ0n) is 9.46. The van der Waals surface area contributed by atoms with Crippen LogP contribution in [0.25, 0.3) is 0 Å². The molecule has 100 valence electrons. The number of rotatable bonds is 5. The SMILES string of the molecule is O=C(CC(F)(F)F)NCCc1noc(C2CC2)n1. The first-order chi connectivity index (χ1) is 8.44. The van der Waals surface area contributed by atoms with E-state index >= 15 is 0 Å². The van der Waals surface area contributed by atoms with E-state index in [1.807, 2.05) is 0 Å². The minimum absolute atomic E-state index is 0.0680. The fourth-order valence-corrected chi connectivity index (χ4v) is 1.42. The first kappa shape index (κ1) is 12.8. The lowest BCUT2D eigenvalue weighted by atomic mass is 10.3. The number of aromatic nitrogens is 2. The minimum atomic E-state index is -4.48. The molecule has 0 atom stereocenters. The van der Waals surface area contributed by atoms with Crippen molar-refractivity contribution in [2.45, 2.75) is 37.8 Å². The molecule has 0 bridgehead atoms. The largest absolute Gasteiger partial charge is 0.397 e. The van der Waals surface area contributed by atoms with Crippen molar-refractivity contribution in [3.05, 3.63) is 11.7 Å². The van der Waals surface area contributed by atoms with Gasteiger partial charge >= 0.3 is 6.18 Å². The summed E-state index contributed by atoms with van der Waals surface area (Å²) in [4.78, 5) is 15.0. The highest BCUT2D eigenvalue weighted by molar-refractivity contribution is 5.76. The van der Waals surface area contributed by atoms with Crippen LogP contribution in [0.3, 0.4) is 0 Å². The Balaban J connectivity index is 1.69. The summed E-state index contributed by atoms with van der Waals surface area (Å²) in [6.07, 6.45) is -3.62. The van der Waals surface area contributed by atoms with Crippen LogP contribution in [-0.2, 0) is 11.2 Å². The molecule has 0 saturated heterocycles. The minimum Gasteiger partial charge on any atom is -0.355 e. The number of halogens is 3. The molecular formula is C10H12F3N3O2. The van der Waals surface area contributed by atoms with Gasteiger partial charge in [-0.15, -0.1) is 0 Å². The second-order valence-corrected chi connectivity index (χ2v) is 4.22. The van der Waals surface area contributed by atoms with Gasteiger partial charge in [0.05, 0.1) is 0 Å². The van der Waals surface area contributed by atoms with E-state index in [1.165, 1.54) is 0 Å². The summed E-state index contributed by atoms with van der Waals surface area (Å²) in [5.74, 6) is 0.273. The van der Waals surface area contributed by atoms with E-state index in [0.717, 1.165) is 12.8 Å². The van der Waals surface area contributed by atoms with Crippen molar-refractivity contribution in [1.29, 1.82) is 0 Å². The number of amides is 1. The third-order valence-electron chi connectivity index (χ3n) is 2.44. The molecule has 0 aromatic carbocycles. The number of alkyl halides is 3. The molecule has 0 unspecified atom stereocenters. The molecule has 1 aromatic rings. The van der Waals surface area contributed by atoms with Crippen molar-refractivity contribution in [3.63, 3.8) is 0 Å². The fourth-order valence-electron chi connectivity index (χ4n) is 1.42. The number of carbonyl (C=O) groups is 1. The first-order valence-electron chi connectivity index (χ1n) is 5.60. The summed E-state index contributed by atoms with van der Waals surface area (Å²) >= 11 is 0. The lowest BCUT2D eigenvalue weighted by molar-refractivity contribution is -0.153. The number of carbonyl (C=O) groups excluding carboxylic acids is 1. The predicted octanol–water partition coefficient (Wildman–Crippen LogP) is 1.56. The molecule has 2 rings (SSSR count). The highest BCUT2D eigenvalue weighted by Gasteiger charge is 2.31. The van der Waals surface area contributed by atoms with Crippen molar-refractivity contribution in [2.75, 3.05) is 6.54 Å². The molecule has 1 aromatic heterocycles. The molecule has 5 nitrogen and oxygen atoms in total. The van der Waals surface area contributed by atoms with Crippen LogP contribution < -0.4 is 5.32 Å². The molecule has 1 aliphatic carbocycles. The van der Waals surface area contributed by atoms with Crippen molar-refractivity contribution < 1.29 is 22.5 Å². The Morgan fingerprint density at radius 3 is 2.78 bits per heavy atom.